The van der Waals surface area contributed by atoms with Crippen LogP contribution in [-0.4, -0.2) is 13.6 Å². The molecule has 0 heterocycles. The van der Waals surface area contributed by atoms with E-state index in [0.717, 1.165) is 18.5 Å². The lowest BCUT2D eigenvalue weighted by Crippen LogP contribution is -2.12. The third kappa shape index (κ3) is 4.05. The fraction of sp³-hybridized carbons (Fsp3) is 0.250. The molecule has 0 fully saturated rings. The van der Waals surface area contributed by atoms with Crippen molar-refractivity contribution in [2.45, 2.75) is 13.0 Å². The van der Waals surface area contributed by atoms with Gasteiger partial charge in [-0.2, -0.15) is 0 Å². The first-order valence-corrected chi connectivity index (χ1v) is 7.29. The highest BCUT2D eigenvalue weighted by atomic mass is 79.9. The predicted octanol–water partition coefficient (Wildman–Crippen LogP) is 3.93. The Kier molecular flexibility index (Phi) is 5.56. The van der Waals surface area contributed by atoms with E-state index >= 15 is 0 Å². The Morgan fingerprint density at radius 3 is 2.60 bits per heavy atom. The molecule has 0 unspecified atom stereocenters. The monoisotopic (exact) mass is 337 g/mol. The molecule has 0 saturated heterocycles. The molecular formula is C16H17BrFNO. The van der Waals surface area contributed by atoms with E-state index in [-0.39, 0.29) is 5.82 Å². The summed E-state index contributed by atoms with van der Waals surface area (Å²) in [7, 11) is 1.94. The second kappa shape index (κ2) is 7.41. The Labute approximate surface area is 127 Å². The number of rotatable bonds is 6. The van der Waals surface area contributed by atoms with Crippen LogP contribution in [0.5, 0.6) is 5.75 Å². The van der Waals surface area contributed by atoms with Crippen LogP contribution in [0, 0.1) is 5.82 Å². The van der Waals surface area contributed by atoms with Gasteiger partial charge in [-0.15, -0.1) is 0 Å². The maximum absolute atomic E-state index is 13.2. The molecule has 0 atom stereocenters. The Morgan fingerprint density at radius 1 is 1.15 bits per heavy atom. The normalized spacial score (nSPS) is 10.6. The molecule has 2 rings (SSSR count). The summed E-state index contributed by atoms with van der Waals surface area (Å²) in [6.07, 6.45) is 0.961. The molecule has 0 radical (unpaired) electrons. The fourth-order valence-electron chi connectivity index (χ4n) is 1.93. The van der Waals surface area contributed by atoms with Gasteiger partial charge in [-0.3, -0.25) is 0 Å². The molecule has 106 valence electrons. The molecule has 0 aromatic heterocycles. The zero-order valence-corrected chi connectivity index (χ0v) is 12.9. The molecule has 0 aliphatic rings. The lowest BCUT2D eigenvalue weighted by molar-refractivity contribution is 0.304. The van der Waals surface area contributed by atoms with Crippen molar-refractivity contribution < 1.29 is 9.13 Å². The molecule has 0 bridgehead atoms. The van der Waals surface area contributed by atoms with Crippen LogP contribution in [0.25, 0.3) is 0 Å². The average Bonchev–Trinajstić information content (AvgIpc) is 2.47. The van der Waals surface area contributed by atoms with Crippen LogP contribution in [0.2, 0.25) is 0 Å². The van der Waals surface area contributed by atoms with Crippen molar-refractivity contribution in [2.75, 3.05) is 13.6 Å². The summed E-state index contributed by atoms with van der Waals surface area (Å²) in [5.74, 6) is 0.369. The summed E-state index contributed by atoms with van der Waals surface area (Å²) < 4.78 is 19.3. The van der Waals surface area contributed by atoms with E-state index < -0.39 is 0 Å². The van der Waals surface area contributed by atoms with E-state index in [0.29, 0.717) is 16.8 Å². The molecular weight excluding hydrogens is 321 g/mol. The van der Waals surface area contributed by atoms with Gasteiger partial charge < -0.3 is 10.1 Å². The largest absolute Gasteiger partial charge is 0.489 e. The van der Waals surface area contributed by atoms with Crippen molar-refractivity contribution >= 4 is 15.9 Å². The van der Waals surface area contributed by atoms with E-state index in [1.165, 1.54) is 11.6 Å². The lowest BCUT2D eigenvalue weighted by atomic mass is 10.1. The van der Waals surface area contributed by atoms with Crippen LogP contribution in [0.4, 0.5) is 4.39 Å². The van der Waals surface area contributed by atoms with Crippen molar-refractivity contribution in [3.8, 4) is 5.75 Å². The molecule has 1 N–H and O–H groups in total. The Bertz CT molecular complexity index is 574. The molecule has 0 saturated carbocycles. The van der Waals surface area contributed by atoms with Crippen LogP contribution in [-0.2, 0) is 13.0 Å². The lowest BCUT2D eigenvalue weighted by Gasteiger charge is -2.11. The van der Waals surface area contributed by atoms with Crippen LogP contribution in [0.3, 0.4) is 0 Å². The van der Waals surface area contributed by atoms with Crippen LogP contribution in [0.1, 0.15) is 11.1 Å². The number of hydrogen-bond donors (Lipinski definition) is 1. The highest BCUT2D eigenvalue weighted by molar-refractivity contribution is 9.10. The Hall–Kier alpha value is -1.39. The average molecular weight is 338 g/mol. The highest BCUT2D eigenvalue weighted by Gasteiger charge is 2.04. The Morgan fingerprint density at radius 2 is 1.90 bits per heavy atom. The van der Waals surface area contributed by atoms with E-state index in [2.05, 4.69) is 33.4 Å². The fourth-order valence-corrected chi connectivity index (χ4v) is 2.29. The van der Waals surface area contributed by atoms with Gasteiger partial charge >= 0.3 is 0 Å². The maximum Gasteiger partial charge on any atom is 0.137 e. The van der Waals surface area contributed by atoms with Crippen LogP contribution < -0.4 is 10.1 Å². The van der Waals surface area contributed by atoms with Crippen LogP contribution in [0.15, 0.2) is 46.9 Å². The molecule has 4 heteroatoms. The van der Waals surface area contributed by atoms with E-state index in [9.17, 15) is 4.39 Å². The SMILES string of the molecule is CNCCc1ccccc1COc1ccc(F)c(Br)c1. The van der Waals surface area contributed by atoms with Gasteiger partial charge in [-0.25, -0.2) is 4.39 Å². The third-order valence-corrected chi connectivity index (χ3v) is 3.66. The minimum atomic E-state index is -0.285. The van der Waals surface area contributed by atoms with Crippen molar-refractivity contribution in [1.82, 2.24) is 5.32 Å². The molecule has 2 aromatic rings. The van der Waals surface area contributed by atoms with Gasteiger partial charge in [0.1, 0.15) is 18.2 Å². The number of nitrogens with one attached hydrogen (secondary N) is 1. The van der Waals surface area contributed by atoms with Gasteiger partial charge in [0.05, 0.1) is 4.47 Å². The quantitative estimate of drug-likeness (QED) is 0.862. The minimum absolute atomic E-state index is 0.285. The van der Waals surface area contributed by atoms with Gasteiger partial charge in [0.15, 0.2) is 0 Å². The van der Waals surface area contributed by atoms with Crippen molar-refractivity contribution in [3.63, 3.8) is 0 Å². The molecule has 20 heavy (non-hydrogen) atoms. The summed E-state index contributed by atoms with van der Waals surface area (Å²) in [5.41, 5.74) is 2.42. The first-order valence-electron chi connectivity index (χ1n) is 6.50. The standard InChI is InChI=1S/C16H17BrFNO/c1-19-9-8-12-4-2-3-5-13(12)11-20-14-6-7-16(18)15(17)10-14/h2-7,10,19H,8-9,11H2,1H3. The first-order chi connectivity index (χ1) is 9.70. The molecule has 2 aromatic carbocycles. The van der Waals surface area contributed by atoms with Gasteiger partial charge in [-0.05, 0) is 65.3 Å². The van der Waals surface area contributed by atoms with E-state index in [1.807, 2.05) is 19.2 Å². The van der Waals surface area contributed by atoms with Gasteiger partial charge in [0, 0.05) is 0 Å². The third-order valence-electron chi connectivity index (χ3n) is 3.05. The number of halogens is 2. The van der Waals surface area contributed by atoms with Crippen molar-refractivity contribution in [3.05, 3.63) is 63.9 Å². The molecule has 2 nitrogen and oxygen atoms in total. The second-order valence-electron chi connectivity index (χ2n) is 4.49. The Balaban J connectivity index is 2.04. The summed E-state index contributed by atoms with van der Waals surface area (Å²) in [6.45, 7) is 1.41. The molecule has 0 spiro atoms. The number of likely N-dealkylation sites (N-methyl/N-ethyl adjacent to an activating group) is 1. The maximum atomic E-state index is 13.2. The molecule has 0 aliphatic carbocycles. The number of benzene rings is 2. The minimum Gasteiger partial charge on any atom is -0.489 e. The second-order valence-corrected chi connectivity index (χ2v) is 5.34. The number of hydrogen-bond acceptors (Lipinski definition) is 2. The summed E-state index contributed by atoms with van der Waals surface area (Å²) in [6, 6.07) is 12.9. The number of ether oxygens (including phenoxy) is 1. The molecule has 0 amide bonds. The van der Waals surface area contributed by atoms with Gasteiger partial charge in [-0.1, -0.05) is 24.3 Å². The van der Waals surface area contributed by atoms with Crippen molar-refractivity contribution in [2.24, 2.45) is 0 Å². The zero-order chi connectivity index (χ0) is 14.4. The van der Waals surface area contributed by atoms with E-state index in [4.69, 9.17) is 4.74 Å². The smallest absolute Gasteiger partial charge is 0.137 e. The summed E-state index contributed by atoms with van der Waals surface area (Å²) >= 11 is 3.16. The predicted molar refractivity (Wildman–Crippen MR) is 82.5 cm³/mol. The van der Waals surface area contributed by atoms with E-state index in [1.54, 1.807) is 12.1 Å². The first kappa shape index (κ1) is 15.0. The molecule has 0 aliphatic heterocycles. The van der Waals surface area contributed by atoms with Gasteiger partial charge in [0.2, 0.25) is 0 Å². The summed E-state index contributed by atoms with van der Waals surface area (Å²) in [5, 5.41) is 3.14. The van der Waals surface area contributed by atoms with Crippen LogP contribution >= 0.6 is 15.9 Å². The zero-order valence-electron chi connectivity index (χ0n) is 11.3. The highest BCUT2D eigenvalue weighted by Crippen LogP contribution is 2.23. The summed E-state index contributed by atoms with van der Waals surface area (Å²) in [4.78, 5) is 0. The topological polar surface area (TPSA) is 21.3 Å². The van der Waals surface area contributed by atoms with Crippen molar-refractivity contribution in [1.29, 1.82) is 0 Å². The van der Waals surface area contributed by atoms with Gasteiger partial charge in [0.25, 0.3) is 0 Å².